The lowest BCUT2D eigenvalue weighted by atomic mass is 10.0. The number of nitrogens with two attached hydrogens (primary N) is 1. The number of halogens is 1. The number of aromatic hydroxyl groups is 1. The zero-order valence-electron chi connectivity index (χ0n) is 19.0. The molecule has 2 aromatic rings. The molecule has 178 valence electrons. The Hall–Kier alpha value is -2.70. The number of anilines is 1. The molecule has 0 saturated heterocycles. The Bertz CT molecular complexity index is 1140. The number of rotatable bonds is 6. The first-order chi connectivity index (χ1) is 15.5. The molecule has 10 nitrogen and oxygen atoms in total. The summed E-state index contributed by atoms with van der Waals surface area (Å²) in [4.78, 5) is 13.9. The lowest BCUT2D eigenvalue weighted by molar-refractivity contribution is 0.0824. The fourth-order valence-corrected chi connectivity index (χ4v) is 4.40. The number of phenols is 1. The molecule has 2 atom stereocenters. The molecule has 1 amide bonds. The van der Waals surface area contributed by atoms with Crippen LogP contribution in [0.25, 0.3) is 0 Å². The van der Waals surface area contributed by atoms with Gasteiger partial charge >= 0.3 is 0 Å². The number of amides is 1. The van der Waals surface area contributed by atoms with Crippen molar-refractivity contribution in [1.29, 1.82) is 0 Å². The van der Waals surface area contributed by atoms with Gasteiger partial charge in [0.25, 0.3) is 17.1 Å². The number of carbonyl (C=O) groups excluding carboxylic acids is 1. The van der Waals surface area contributed by atoms with E-state index >= 15 is 0 Å². The van der Waals surface area contributed by atoms with Crippen molar-refractivity contribution in [2.45, 2.75) is 39.2 Å². The van der Waals surface area contributed by atoms with E-state index in [1.54, 1.807) is 32.5 Å². The van der Waals surface area contributed by atoms with Gasteiger partial charge in [-0.3, -0.25) is 9.80 Å². The fourth-order valence-electron chi connectivity index (χ4n) is 3.26. The number of hydrogen-bond donors (Lipinski definition) is 3. The normalized spacial score (nSPS) is 16.4. The van der Waals surface area contributed by atoms with Crippen molar-refractivity contribution in [2.24, 2.45) is 14.6 Å². The summed E-state index contributed by atoms with van der Waals surface area (Å²) in [5, 5.41) is 15.0. The average molecular weight is 539 g/mol. The highest BCUT2D eigenvalue weighted by atomic mass is 79.9. The Labute approximate surface area is 203 Å². The number of nitrogens with zero attached hydrogens (tertiary/aromatic N) is 4. The minimum absolute atomic E-state index is 0.0797. The van der Waals surface area contributed by atoms with Crippen LogP contribution in [0, 0.1) is 0 Å². The second kappa shape index (κ2) is 10.1. The number of amidine groups is 2. The molecule has 1 unspecified atom stereocenters. The van der Waals surface area contributed by atoms with Gasteiger partial charge in [-0.05, 0) is 52.0 Å². The van der Waals surface area contributed by atoms with Crippen LogP contribution in [0.4, 0.5) is 5.69 Å². The maximum absolute atomic E-state index is 12.5. The SMILES string of the molecule is CC[C@H](c1cc(C(C)C)co1)N(N)C1=NS(=O)N=C1Nc1ccc(Br)c(C(=O)N(C)C)c1O. The maximum Gasteiger partial charge on any atom is 0.269 e. The highest BCUT2D eigenvalue weighted by Crippen LogP contribution is 2.35. The topological polar surface area (TPSA) is 137 Å². The summed E-state index contributed by atoms with van der Waals surface area (Å²) in [5.74, 6) is 6.90. The first-order valence-electron chi connectivity index (χ1n) is 10.3. The zero-order chi connectivity index (χ0) is 24.4. The monoisotopic (exact) mass is 538 g/mol. The fraction of sp³-hybridized carbons (Fsp3) is 0.381. The van der Waals surface area contributed by atoms with Gasteiger partial charge in [0.05, 0.1) is 17.5 Å². The van der Waals surface area contributed by atoms with Crippen LogP contribution in [0.15, 0.2) is 42.1 Å². The Morgan fingerprint density at radius 3 is 2.61 bits per heavy atom. The predicted octanol–water partition coefficient (Wildman–Crippen LogP) is 3.70. The molecule has 0 radical (unpaired) electrons. The van der Waals surface area contributed by atoms with Crippen LogP contribution < -0.4 is 11.2 Å². The Morgan fingerprint density at radius 1 is 1.33 bits per heavy atom. The third-order valence-corrected chi connectivity index (χ3v) is 6.48. The molecule has 1 aliphatic heterocycles. The zero-order valence-corrected chi connectivity index (χ0v) is 21.4. The average Bonchev–Trinajstić information content (AvgIpc) is 3.37. The van der Waals surface area contributed by atoms with Crippen LogP contribution in [0.2, 0.25) is 0 Å². The summed E-state index contributed by atoms with van der Waals surface area (Å²) in [6.07, 6.45) is 2.28. The molecule has 2 heterocycles. The highest BCUT2D eigenvalue weighted by Gasteiger charge is 2.31. The van der Waals surface area contributed by atoms with Crippen molar-refractivity contribution >= 4 is 50.4 Å². The minimum Gasteiger partial charge on any atom is -0.505 e. The quantitative estimate of drug-likeness (QED) is 0.289. The standard InChI is InChI=1S/C21H27BrN6O4S/c1-6-15(16-9-12(10-32-16)11(2)3)28(23)20-19(25-33(31)26-20)24-14-8-7-13(22)17(18(14)29)21(30)27(4)5/h7-11,15,29H,6,23H2,1-5H3,(H,24,25)/t15-,33?/m1/s1. The third kappa shape index (κ3) is 5.12. The van der Waals surface area contributed by atoms with E-state index in [9.17, 15) is 14.1 Å². The number of nitrogens with one attached hydrogen (secondary N) is 1. The molecular weight excluding hydrogens is 512 g/mol. The Morgan fingerprint density at radius 2 is 2.03 bits per heavy atom. The molecule has 1 aromatic heterocycles. The van der Waals surface area contributed by atoms with Crippen molar-refractivity contribution in [3.8, 4) is 5.75 Å². The van der Waals surface area contributed by atoms with Gasteiger partial charge in [-0.15, -0.1) is 8.80 Å². The summed E-state index contributed by atoms with van der Waals surface area (Å²) in [7, 11) is 3.17. The van der Waals surface area contributed by atoms with E-state index in [2.05, 4.69) is 43.9 Å². The molecule has 0 fully saturated rings. The van der Waals surface area contributed by atoms with E-state index < -0.39 is 11.2 Å². The first-order valence-corrected chi connectivity index (χ1v) is 12.1. The molecule has 0 bridgehead atoms. The van der Waals surface area contributed by atoms with Gasteiger partial charge in [-0.25, -0.2) is 10.1 Å². The smallest absolute Gasteiger partial charge is 0.269 e. The number of hydrazine groups is 1. The van der Waals surface area contributed by atoms with E-state index in [1.807, 2.05) is 13.0 Å². The molecule has 12 heteroatoms. The number of phenolic OH excluding ortho intramolecular Hbond substituents is 1. The molecule has 3 rings (SSSR count). The molecule has 0 saturated carbocycles. The van der Waals surface area contributed by atoms with Crippen molar-refractivity contribution in [1.82, 2.24) is 9.91 Å². The van der Waals surface area contributed by atoms with E-state index in [4.69, 9.17) is 10.3 Å². The van der Waals surface area contributed by atoms with Crippen LogP contribution >= 0.6 is 15.9 Å². The second-order valence-electron chi connectivity index (χ2n) is 8.00. The highest BCUT2D eigenvalue weighted by molar-refractivity contribution is 9.10. The number of furan rings is 1. The maximum atomic E-state index is 12.5. The third-order valence-electron chi connectivity index (χ3n) is 5.15. The predicted molar refractivity (Wildman–Crippen MR) is 132 cm³/mol. The van der Waals surface area contributed by atoms with Crippen LogP contribution in [0.5, 0.6) is 5.75 Å². The van der Waals surface area contributed by atoms with Crippen molar-refractivity contribution in [3.63, 3.8) is 0 Å². The van der Waals surface area contributed by atoms with Crippen molar-refractivity contribution in [3.05, 3.63) is 45.8 Å². The van der Waals surface area contributed by atoms with E-state index in [1.165, 1.54) is 9.91 Å². The number of carbonyl (C=O) groups is 1. The number of hydrogen-bond acceptors (Lipinski definition) is 7. The molecule has 4 N–H and O–H groups in total. The lowest BCUT2D eigenvalue weighted by Gasteiger charge is -2.27. The summed E-state index contributed by atoms with van der Waals surface area (Å²) < 4.78 is 26.4. The van der Waals surface area contributed by atoms with E-state index in [-0.39, 0.29) is 40.6 Å². The molecule has 0 spiro atoms. The summed E-state index contributed by atoms with van der Waals surface area (Å²) in [6, 6.07) is 4.73. The van der Waals surface area contributed by atoms with Gasteiger partial charge in [0.15, 0.2) is 17.4 Å². The molecule has 33 heavy (non-hydrogen) atoms. The van der Waals surface area contributed by atoms with Crippen molar-refractivity contribution in [2.75, 3.05) is 19.4 Å². The van der Waals surface area contributed by atoms with Crippen LogP contribution in [-0.2, 0) is 11.2 Å². The molecule has 1 aromatic carbocycles. The van der Waals surface area contributed by atoms with E-state index in [0.717, 1.165) is 5.56 Å². The number of benzene rings is 1. The van der Waals surface area contributed by atoms with Gasteiger partial charge in [-0.2, -0.15) is 0 Å². The summed E-state index contributed by atoms with van der Waals surface area (Å²) in [5.41, 5.74) is 1.31. The van der Waals surface area contributed by atoms with Crippen LogP contribution in [0.3, 0.4) is 0 Å². The lowest BCUT2D eigenvalue weighted by Crippen LogP contribution is -2.45. The van der Waals surface area contributed by atoms with Crippen LogP contribution in [0.1, 0.15) is 60.8 Å². The second-order valence-corrected chi connectivity index (χ2v) is 9.68. The molecule has 0 aliphatic carbocycles. The summed E-state index contributed by atoms with van der Waals surface area (Å²) in [6.45, 7) is 6.07. The molecule has 1 aliphatic rings. The van der Waals surface area contributed by atoms with Crippen molar-refractivity contribution < 1.29 is 18.5 Å². The largest absolute Gasteiger partial charge is 0.505 e. The van der Waals surface area contributed by atoms with Gasteiger partial charge in [0.1, 0.15) is 11.8 Å². The van der Waals surface area contributed by atoms with Gasteiger partial charge < -0.3 is 19.7 Å². The minimum atomic E-state index is -1.89. The molecular formula is C21H27BrN6O4S. The Balaban J connectivity index is 1.91. The van der Waals surface area contributed by atoms with Gasteiger partial charge in [0, 0.05) is 18.6 Å². The Kier molecular flexibility index (Phi) is 7.60. The van der Waals surface area contributed by atoms with Gasteiger partial charge in [0.2, 0.25) is 0 Å². The van der Waals surface area contributed by atoms with E-state index in [0.29, 0.717) is 22.6 Å². The first kappa shape index (κ1) is 24.9. The van der Waals surface area contributed by atoms with Gasteiger partial charge in [-0.1, -0.05) is 20.8 Å². The summed E-state index contributed by atoms with van der Waals surface area (Å²) >= 11 is 1.41. The van der Waals surface area contributed by atoms with Crippen LogP contribution in [-0.4, -0.2) is 50.9 Å².